The van der Waals surface area contributed by atoms with E-state index in [4.69, 9.17) is 4.74 Å². The number of benzene rings is 1. The normalized spacial score (nSPS) is 10.5. The molecule has 0 saturated heterocycles. The third-order valence-corrected chi connectivity index (χ3v) is 4.59. The fourth-order valence-electron chi connectivity index (χ4n) is 3.19. The molecule has 0 unspecified atom stereocenters. The maximum atomic E-state index is 9.20. The third-order valence-electron chi connectivity index (χ3n) is 4.59. The molecule has 3 aromatic heterocycles. The van der Waals surface area contributed by atoms with Crippen LogP contribution < -0.4 is 4.74 Å². The summed E-state index contributed by atoms with van der Waals surface area (Å²) >= 11 is 0. The van der Waals surface area contributed by atoms with Crippen molar-refractivity contribution in [3.05, 3.63) is 60.2 Å². The van der Waals surface area contributed by atoms with E-state index in [2.05, 4.69) is 23.0 Å². The fraction of sp³-hybridized carbons (Fsp3) is 0.150. The minimum absolute atomic E-state index is 0. The first kappa shape index (κ1) is 17.7. The van der Waals surface area contributed by atoms with Crippen LogP contribution in [0.15, 0.2) is 48.9 Å². The number of aromatic nitrogens is 3. The van der Waals surface area contributed by atoms with Crippen molar-refractivity contribution in [1.29, 1.82) is 5.26 Å². The van der Waals surface area contributed by atoms with Crippen molar-refractivity contribution in [3.63, 3.8) is 0 Å². The van der Waals surface area contributed by atoms with E-state index in [0.717, 1.165) is 38.7 Å². The molecule has 0 aliphatic rings. The Bertz CT molecular complexity index is 1140. The van der Waals surface area contributed by atoms with E-state index in [1.165, 1.54) is 0 Å². The van der Waals surface area contributed by atoms with Crippen LogP contribution in [0.25, 0.3) is 21.7 Å². The van der Waals surface area contributed by atoms with Gasteiger partial charge in [0.05, 0.1) is 6.07 Å². The molecule has 1 aromatic carbocycles. The first-order chi connectivity index (χ1) is 12.2. The predicted octanol–water partition coefficient (Wildman–Crippen LogP) is 4.94. The van der Waals surface area contributed by atoms with Crippen LogP contribution in [0.1, 0.15) is 11.3 Å². The lowest BCUT2D eigenvalue weighted by atomic mass is 10.1. The van der Waals surface area contributed by atoms with E-state index in [1.54, 1.807) is 12.4 Å². The minimum Gasteiger partial charge on any atom is -0.436 e. The number of nitriles is 1. The van der Waals surface area contributed by atoms with E-state index in [1.807, 2.05) is 48.0 Å². The van der Waals surface area contributed by atoms with Gasteiger partial charge in [-0.2, -0.15) is 5.26 Å². The summed E-state index contributed by atoms with van der Waals surface area (Å²) in [7, 11) is 0. The number of nitrogens with zero attached hydrogens (tertiary/aromatic N) is 4. The second-order valence-corrected chi connectivity index (χ2v) is 5.92. The molecule has 6 heteroatoms. The van der Waals surface area contributed by atoms with Crippen LogP contribution in [-0.4, -0.2) is 14.5 Å². The summed E-state index contributed by atoms with van der Waals surface area (Å²) in [5.41, 5.74) is 3.04. The molecule has 4 aromatic rings. The summed E-state index contributed by atoms with van der Waals surface area (Å²) in [6.07, 6.45) is 5.30. The largest absolute Gasteiger partial charge is 0.436 e. The SMILES string of the molecule is Cc1c(C)n(CC#N)c2c(Oc3cccc4cnccc34)nccc12.Cl. The van der Waals surface area contributed by atoms with E-state index in [0.29, 0.717) is 5.88 Å². The molecule has 0 amide bonds. The number of fused-ring (bicyclic) bond motifs is 2. The Balaban J connectivity index is 0.00000196. The molecule has 0 radical (unpaired) electrons. The van der Waals surface area contributed by atoms with Gasteiger partial charge >= 0.3 is 0 Å². The highest BCUT2D eigenvalue weighted by Gasteiger charge is 2.17. The van der Waals surface area contributed by atoms with Crippen LogP contribution >= 0.6 is 12.4 Å². The maximum absolute atomic E-state index is 9.20. The van der Waals surface area contributed by atoms with Gasteiger partial charge in [0.15, 0.2) is 0 Å². The van der Waals surface area contributed by atoms with Gasteiger partial charge in [-0.15, -0.1) is 12.4 Å². The highest BCUT2D eigenvalue weighted by atomic mass is 35.5. The molecule has 0 spiro atoms. The molecule has 0 aliphatic heterocycles. The standard InChI is InChI=1S/C20H16N4O.ClH/c1-13-14(2)24(11-8-21)19-16(13)7-10-23-20(19)25-18-5-3-4-15-12-22-9-6-17(15)18;/h3-7,9-10,12H,11H2,1-2H3;1H. The first-order valence-electron chi connectivity index (χ1n) is 8.02. The zero-order valence-corrected chi connectivity index (χ0v) is 15.2. The van der Waals surface area contributed by atoms with Crippen LogP contribution in [0.4, 0.5) is 0 Å². The Hall–Kier alpha value is -3.10. The van der Waals surface area contributed by atoms with Gasteiger partial charge in [0.2, 0.25) is 5.88 Å². The summed E-state index contributed by atoms with van der Waals surface area (Å²) in [4.78, 5) is 8.59. The Morgan fingerprint density at radius 1 is 1.12 bits per heavy atom. The topological polar surface area (TPSA) is 63.7 Å². The minimum atomic E-state index is 0. The van der Waals surface area contributed by atoms with E-state index in [-0.39, 0.29) is 19.0 Å². The molecular formula is C20H17ClN4O. The van der Waals surface area contributed by atoms with Crippen molar-refractivity contribution < 1.29 is 4.74 Å². The monoisotopic (exact) mass is 364 g/mol. The molecule has 0 aliphatic carbocycles. The highest BCUT2D eigenvalue weighted by molar-refractivity contribution is 5.91. The molecule has 0 saturated carbocycles. The Morgan fingerprint density at radius 2 is 1.92 bits per heavy atom. The number of hydrogen-bond acceptors (Lipinski definition) is 4. The van der Waals surface area contributed by atoms with Crippen molar-refractivity contribution in [2.75, 3.05) is 0 Å². The summed E-state index contributed by atoms with van der Waals surface area (Å²) in [5, 5.41) is 12.2. The quantitative estimate of drug-likeness (QED) is 0.516. The van der Waals surface area contributed by atoms with Crippen LogP contribution in [0.3, 0.4) is 0 Å². The summed E-state index contributed by atoms with van der Waals surface area (Å²) < 4.78 is 8.15. The average molecular weight is 365 g/mol. The van der Waals surface area contributed by atoms with Gasteiger partial charge in [0.25, 0.3) is 0 Å². The molecule has 0 atom stereocenters. The Labute approximate surface area is 157 Å². The average Bonchev–Trinajstić information content (AvgIpc) is 2.88. The molecule has 4 rings (SSSR count). The van der Waals surface area contributed by atoms with Crippen molar-refractivity contribution in [2.24, 2.45) is 0 Å². The molecular weight excluding hydrogens is 348 g/mol. The van der Waals surface area contributed by atoms with Gasteiger partial charge < -0.3 is 9.30 Å². The second kappa shape index (κ2) is 7.03. The van der Waals surface area contributed by atoms with Gasteiger partial charge in [-0.25, -0.2) is 4.98 Å². The zero-order chi connectivity index (χ0) is 17.4. The summed E-state index contributed by atoms with van der Waals surface area (Å²) in [5.74, 6) is 1.23. The van der Waals surface area contributed by atoms with Crippen molar-refractivity contribution >= 4 is 34.1 Å². The molecule has 26 heavy (non-hydrogen) atoms. The smallest absolute Gasteiger partial charge is 0.244 e. The van der Waals surface area contributed by atoms with Crippen LogP contribution in [0.2, 0.25) is 0 Å². The predicted molar refractivity (Wildman–Crippen MR) is 104 cm³/mol. The number of halogens is 1. The fourth-order valence-corrected chi connectivity index (χ4v) is 3.19. The van der Waals surface area contributed by atoms with Crippen molar-refractivity contribution in [1.82, 2.24) is 14.5 Å². The molecule has 5 nitrogen and oxygen atoms in total. The van der Waals surface area contributed by atoms with Gasteiger partial charge in [-0.3, -0.25) is 4.98 Å². The second-order valence-electron chi connectivity index (χ2n) is 5.92. The lowest BCUT2D eigenvalue weighted by molar-refractivity contribution is 0.471. The van der Waals surface area contributed by atoms with E-state index < -0.39 is 0 Å². The number of aryl methyl sites for hydroxylation is 1. The lowest BCUT2D eigenvalue weighted by Crippen LogP contribution is -2.00. The van der Waals surface area contributed by atoms with Gasteiger partial charge in [-0.1, -0.05) is 12.1 Å². The van der Waals surface area contributed by atoms with Crippen molar-refractivity contribution in [3.8, 4) is 17.7 Å². The molecule has 130 valence electrons. The molecule has 0 bridgehead atoms. The third kappa shape index (κ3) is 2.75. The number of pyridine rings is 2. The van der Waals surface area contributed by atoms with Crippen LogP contribution in [0.5, 0.6) is 11.6 Å². The Morgan fingerprint density at radius 3 is 2.73 bits per heavy atom. The molecule has 0 N–H and O–H groups in total. The number of rotatable bonds is 3. The molecule has 0 fully saturated rings. The maximum Gasteiger partial charge on any atom is 0.244 e. The van der Waals surface area contributed by atoms with Crippen LogP contribution in [-0.2, 0) is 6.54 Å². The number of hydrogen-bond donors (Lipinski definition) is 0. The Kier molecular flexibility index (Phi) is 4.79. The van der Waals surface area contributed by atoms with Gasteiger partial charge in [0, 0.05) is 40.4 Å². The highest BCUT2D eigenvalue weighted by Crippen LogP contribution is 2.35. The van der Waals surface area contributed by atoms with Gasteiger partial charge in [0.1, 0.15) is 17.8 Å². The number of ether oxygens (including phenoxy) is 1. The summed E-state index contributed by atoms with van der Waals surface area (Å²) in [6, 6.07) is 12.0. The lowest BCUT2D eigenvalue weighted by Gasteiger charge is -2.11. The van der Waals surface area contributed by atoms with Crippen LogP contribution in [0, 0.1) is 25.2 Å². The van der Waals surface area contributed by atoms with E-state index in [9.17, 15) is 5.26 Å². The first-order valence-corrected chi connectivity index (χ1v) is 8.02. The molecule has 3 heterocycles. The van der Waals surface area contributed by atoms with Gasteiger partial charge in [-0.05, 0) is 37.6 Å². The van der Waals surface area contributed by atoms with E-state index >= 15 is 0 Å². The summed E-state index contributed by atoms with van der Waals surface area (Å²) in [6.45, 7) is 4.33. The van der Waals surface area contributed by atoms with Crippen molar-refractivity contribution in [2.45, 2.75) is 20.4 Å². The zero-order valence-electron chi connectivity index (χ0n) is 14.4.